The van der Waals surface area contributed by atoms with E-state index in [2.05, 4.69) is 5.32 Å². The highest BCUT2D eigenvalue weighted by Gasteiger charge is 2.32. The van der Waals surface area contributed by atoms with Crippen molar-refractivity contribution in [3.05, 3.63) is 57.0 Å². The van der Waals surface area contributed by atoms with E-state index in [-0.39, 0.29) is 11.6 Å². The molecule has 0 aliphatic carbocycles. The van der Waals surface area contributed by atoms with Crippen LogP contribution in [0, 0.1) is 13.8 Å². The molecule has 1 aliphatic heterocycles. The summed E-state index contributed by atoms with van der Waals surface area (Å²) in [5.74, 6) is -0.313. The fraction of sp³-hybridized carbons (Fsp3) is 0.222. The summed E-state index contributed by atoms with van der Waals surface area (Å²) in [6, 6.07) is 6.99. The minimum atomic E-state index is -0.392. The van der Waals surface area contributed by atoms with Gasteiger partial charge in [0, 0.05) is 23.6 Å². The van der Waals surface area contributed by atoms with Crippen LogP contribution < -0.4 is 5.32 Å². The van der Waals surface area contributed by atoms with E-state index in [0.29, 0.717) is 16.6 Å². The van der Waals surface area contributed by atoms with Crippen molar-refractivity contribution < 1.29 is 9.59 Å². The van der Waals surface area contributed by atoms with Crippen LogP contribution in [0.2, 0.25) is 10.0 Å². The van der Waals surface area contributed by atoms with Gasteiger partial charge in [0.15, 0.2) is 0 Å². The molecule has 7 heteroatoms. The van der Waals surface area contributed by atoms with Crippen molar-refractivity contribution in [1.82, 2.24) is 14.8 Å². The molecule has 0 radical (unpaired) electrons. The molecule has 5 nitrogen and oxygen atoms in total. The molecule has 1 N–H and O–H groups in total. The van der Waals surface area contributed by atoms with E-state index in [0.717, 1.165) is 22.6 Å². The Labute approximate surface area is 155 Å². The van der Waals surface area contributed by atoms with Gasteiger partial charge in [-0.25, -0.2) is 4.79 Å². The lowest BCUT2D eigenvalue weighted by molar-refractivity contribution is -0.122. The SMILES string of the molecule is CCN1C(=O)N/C(=C\c2cc(C)n(-c3ccc(Cl)c(Cl)c3)c2C)C1=O. The highest BCUT2D eigenvalue weighted by atomic mass is 35.5. The van der Waals surface area contributed by atoms with Gasteiger partial charge in [-0.05, 0) is 56.7 Å². The maximum atomic E-state index is 12.2. The van der Waals surface area contributed by atoms with Gasteiger partial charge in [0.1, 0.15) is 5.70 Å². The quantitative estimate of drug-likeness (QED) is 0.639. The van der Waals surface area contributed by atoms with Gasteiger partial charge in [0.25, 0.3) is 5.91 Å². The normalized spacial score (nSPS) is 16.0. The fourth-order valence-electron chi connectivity index (χ4n) is 2.97. The predicted octanol–water partition coefficient (Wildman–Crippen LogP) is 4.31. The Morgan fingerprint density at radius 1 is 1.12 bits per heavy atom. The van der Waals surface area contributed by atoms with Crippen LogP contribution in [0.1, 0.15) is 23.9 Å². The lowest BCUT2D eigenvalue weighted by Crippen LogP contribution is -2.30. The number of halogens is 2. The number of benzene rings is 1. The number of nitrogens with one attached hydrogen (secondary N) is 1. The number of amides is 3. The molecule has 25 heavy (non-hydrogen) atoms. The van der Waals surface area contributed by atoms with Gasteiger partial charge in [-0.3, -0.25) is 9.69 Å². The Balaban J connectivity index is 2.03. The standard InChI is InChI=1S/C18H17Cl2N3O2/c1-4-22-17(24)16(21-18(22)25)8-12-7-10(2)23(11(12)3)13-5-6-14(19)15(20)9-13/h5-9H,4H2,1-3H3,(H,21,25)/b16-8-. The highest BCUT2D eigenvalue weighted by Crippen LogP contribution is 2.28. The number of hydrogen-bond donors (Lipinski definition) is 1. The minimum Gasteiger partial charge on any atom is -0.318 e. The third kappa shape index (κ3) is 3.05. The van der Waals surface area contributed by atoms with Crippen molar-refractivity contribution >= 4 is 41.2 Å². The molecule has 2 heterocycles. The number of carbonyl (C=O) groups excluding carboxylic acids is 2. The molecule has 0 bridgehead atoms. The monoisotopic (exact) mass is 377 g/mol. The zero-order valence-electron chi connectivity index (χ0n) is 14.1. The third-order valence-corrected chi connectivity index (χ3v) is 4.95. The number of aromatic nitrogens is 1. The molecular formula is C18H17Cl2N3O2. The maximum absolute atomic E-state index is 12.2. The molecule has 1 aromatic carbocycles. The summed E-state index contributed by atoms with van der Waals surface area (Å²) in [5.41, 5.74) is 3.92. The van der Waals surface area contributed by atoms with E-state index in [4.69, 9.17) is 23.2 Å². The molecule has 0 spiro atoms. The first-order valence-electron chi connectivity index (χ1n) is 7.82. The van der Waals surface area contributed by atoms with Gasteiger partial charge in [0.05, 0.1) is 10.0 Å². The second kappa shape index (κ2) is 6.58. The number of carbonyl (C=O) groups is 2. The number of nitrogens with zero attached hydrogens (tertiary/aromatic N) is 2. The van der Waals surface area contributed by atoms with Crippen LogP contribution in [0.4, 0.5) is 4.79 Å². The van der Waals surface area contributed by atoms with Crippen molar-refractivity contribution in [1.29, 1.82) is 0 Å². The number of likely N-dealkylation sites (N-methyl/N-ethyl adjacent to an activating group) is 1. The Hall–Kier alpha value is -2.24. The van der Waals surface area contributed by atoms with Crippen molar-refractivity contribution in [3.63, 3.8) is 0 Å². The fourth-order valence-corrected chi connectivity index (χ4v) is 3.26. The van der Waals surface area contributed by atoms with Crippen molar-refractivity contribution in [3.8, 4) is 5.69 Å². The highest BCUT2D eigenvalue weighted by molar-refractivity contribution is 6.42. The molecule has 1 aromatic heterocycles. The van der Waals surface area contributed by atoms with Gasteiger partial charge in [-0.2, -0.15) is 0 Å². The first kappa shape index (κ1) is 17.6. The van der Waals surface area contributed by atoms with E-state index in [1.165, 1.54) is 4.90 Å². The first-order valence-corrected chi connectivity index (χ1v) is 8.58. The number of aryl methyl sites for hydroxylation is 1. The van der Waals surface area contributed by atoms with Gasteiger partial charge < -0.3 is 9.88 Å². The largest absolute Gasteiger partial charge is 0.328 e. The van der Waals surface area contributed by atoms with E-state index in [1.807, 2.05) is 30.5 Å². The summed E-state index contributed by atoms with van der Waals surface area (Å²) in [7, 11) is 0. The lowest BCUT2D eigenvalue weighted by atomic mass is 10.2. The molecule has 3 rings (SSSR count). The molecule has 1 saturated heterocycles. The summed E-state index contributed by atoms with van der Waals surface area (Å²) < 4.78 is 2.02. The zero-order chi connectivity index (χ0) is 18.3. The van der Waals surface area contributed by atoms with Crippen LogP contribution in [0.5, 0.6) is 0 Å². The number of urea groups is 1. The average Bonchev–Trinajstić information content (AvgIpc) is 2.99. The van der Waals surface area contributed by atoms with Gasteiger partial charge in [0.2, 0.25) is 0 Å². The van der Waals surface area contributed by atoms with E-state index >= 15 is 0 Å². The van der Waals surface area contributed by atoms with E-state index < -0.39 is 6.03 Å². The summed E-state index contributed by atoms with van der Waals surface area (Å²) in [6.07, 6.45) is 1.70. The van der Waals surface area contributed by atoms with E-state index in [1.54, 1.807) is 25.1 Å². The Morgan fingerprint density at radius 3 is 2.44 bits per heavy atom. The molecule has 3 amide bonds. The second-order valence-corrected chi connectivity index (χ2v) is 6.61. The van der Waals surface area contributed by atoms with Crippen LogP contribution in [0.3, 0.4) is 0 Å². The third-order valence-electron chi connectivity index (χ3n) is 4.21. The van der Waals surface area contributed by atoms with Crippen LogP contribution in [-0.4, -0.2) is 28.0 Å². The first-order chi connectivity index (χ1) is 11.8. The smallest absolute Gasteiger partial charge is 0.318 e. The van der Waals surface area contributed by atoms with Crippen molar-refractivity contribution in [2.45, 2.75) is 20.8 Å². The van der Waals surface area contributed by atoms with Crippen LogP contribution in [0.15, 0.2) is 30.0 Å². The second-order valence-electron chi connectivity index (χ2n) is 5.80. The molecule has 2 aromatic rings. The predicted molar refractivity (Wildman–Crippen MR) is 99.2 cm³/mol. The minimum absolute atomic E-state index is 0.279. The summed E-state index contributed by atoms with van der Waals surface area (Å²) in [5, 5.41) is 3.59. The Bertz CT molecular complexity index is 915. The molecule has 1 aliphatic rings. The van der Waals surface area contributed by atoms with Gasteiger partial charge in [-0.1, -0.05) is 23.2 Å². The average molecular weight is 378 g/mol. The number of rotatable bonds is 3. The number of imide groups is 1. The molecular weight excluding hydrogens is 361 g/mol. The van der Waals surface area contributed by atoms with Gasteiger partial charge in [-0.15, -0.1) is 0 Å². The summed E-state index contributed by atoms with van der Waals surface area (Å²) in [4.78, 5) is 25.2. The Kier molecular flexibility index (Phi) is 4.62. The summed E-state index contributed by atoms with van der Waals surface area (Å²) >= 11 is 12.1. The number of hydrogen-bond acceptors (Lipinski definition) is 2. The Morgan fingerprint density at radius 2 is 1.84 bits per heavy atom. The van der Waals surface area contributed by atoms with E-state index in [9.17, 15) is 9.59 Å². The van der Waals surface area contributed by atoms with Crippen LogP contribution in [-0.2, 0) is 4.79 Å². The molecule has 0 saturated carbocycles. The van der Waals surface area contributed by atoms with Gasteiger partial charge >= 0.3 is 6.03 Å². The molecule has 130 valence electrons. The lowest BCUT2D eigenvalue weighted by Gasteiger charge is -2.10. The van der Waals surface area contributed by atoms with Crippen LogP contribution >= 0.6 is 23.2 Å². The topological polar surface area (TPSA) is 54.3 Å². The maximum Gasteiger partial charge on any atom is 0.328 e. The molecule has 1 fully saturated rings. The molecule has 0 unspecified atom stereocenters. The van der Waals surface area contributed by atoms with Crippen molar-refractivity contribution in [2.75, 3.05) is 6.54 Å². The summed E-state index contributed by atoms with van der Waals surface area (Å²) in [6.45, 7) is 6.01. The van der Waals surface area contributed by atoms with Crippen molar-refractivity contribution in [2.24, 2.45) is 0 Å². The molecule has 0 atom stereocenters. The zero-order valence-corrected chi connectivity index (χ0v) is 15.6. The van der Waals surface area contributed by atoms with Crippen LogP contribution in [0.25, 0.3) is 11.8 Å².